The predicted molar refractivity (Wildman–Crippen MR) is 77.2 cm³/mol. The van der Waals surface area contributed by atoms with Crippen molar-refractivity contribution in [3.63, 3.8) is 0 Å². The smallest absolute Gasteiger partial charge is 0.137 e. The summed E-state index contributed by atoms with van der Waals surface area (Å²) in [4.78, 5) is 1.42. The molecule has 1 aliphatic carbocycles. The fourth-order valence-corrected chi connectivity index (χ4v) is 3.62. The van der Waals surface area contributed by atoms with E-state index in [-0.39, 0.29) is 0 Å². The molecule has 0 amide bonds. The van der Waals surface area contributed by atoms with Gasteiger partial charge in [-0.1, -0.05) is 17.6 Å². The van der Waals surface area contributed by atoms with Crippen LogP contribution in [-0.4, -0.2) is 11.2 Å². The Balaban J connectivity index is 1.55. The van der Waals surface area contributed by atoms with E-state index in [2.05, 4.69) is 34.1 Å². The zero-order valence-corrected chi connectivity index (χ0v) is 12.1. The molecular weight excluding hydrogens is 256 g/mol. The number of aryl methyl sites for hydroxylation is 1. The summed E-state index contributed by atoms with van der Waals surface area (Å²) in [5.41, 5.74) is 0.982. The molecule has 1 N–H and O–H groups in total. The highest BCUT2D eigenvalue weighted by Gasteiger charge is 2.28. The van der Waals surface area contributed by atoms with Crippen molar-refractivity contribution in [2.75, 3.05) is 0 Å². The van der Waals surface area contributed by atoms with E-state index in [1.54, 1.807) is 0 Å². The number of thiophene rings is 1. The molecule has 1 saturated carbocycles. The van der Waals surface area contributed by atoms with Crippen LogP contribution < -0.4 is 5.32 Å². The first-order valence-corrected chi connectivity index (χ1v) is 7.87. The minimum Gasteiger partial charge on any atom is -0.361 e. The van der Waals surface area contributed by atoms with Crippen molar-refractivity contribution in [1.82, 2.24) is 10.5 Å². The first kappa shape index (κ1) is 12.9. The van der Waals surface area contributed by atoms with Gasteiger partial charge in [-0.3, -0.25) is 0 Å². The first-order valence-electron chi connectivity index (χ1n) is 6.99. The average Bonchev–Trinajstić information content (AvgIpc) is 3.10. The van der Waals surface area contributed by atoms with Gasteiger partial charge in [-0.25, -0.2) is 0 Å². The van der Waals surface area contributed by atoms with Gasteiger partial charge in [0.05, 0.1) is 5.69 Å². The van der Waals surface area contributed by atoms with Gasteiger partial charge < -0.3 is 9.84 Å². The summed E-state index contributed by atoms with van der Waals surface area (Å²) < 4.78 is 5.35. The van der Waals surface area contributed by atoms with Crippen LogP contribution in [0.25, 0.3) is 0 Å². The summed E-state index contributed by atoms with van der Waals surface area (Å²) in [6.07, 6.45) is 4.91. The Morgan fingerprint density at radius 1 is 1.47 bits per heavy atom. The van der Waals surface area contributed by atoms with Gasteiger partial charge in [0.2, 0.25) is 0 Å². The van der Waals surface area contributed by atoms with Gasteiger partial charge in [0, 0.05) is 30.0 Å². The Labute approximate surface area is 118 Å². The molecule has 0 radical (unpaired) electrons. The molecule has 102 valence electrons. The first-order chi connectivity index (χ1) is 9.31. The second-order valence-corrected chi connectivity index (χ2v) is 6.43. The number of nitrogens with one attached hydrogen (secondary N) is 1. The van der Waals surface area contributed by atoms with E-state index >= 15 is 0 Å². The Morgan fingerprint density at radius 3 is 3.16 bits per heavy atom. The molecule has 0 aliphatic heterocycles. The van der Waals surface area contributed by atoms with Gasteiger partial charge in [0.1, 0.15) is 5.76 Å². The highest BCUT2D eigenvalue weighted by atomic mass is 32.1. The second kappa shape index (κ2) is 5.88. The molecule has 2 heterocycles. The lowest BCUT2D eigenvalue weighted by Gasteiger charge is -2.19. The summed E-state index contributed by atoms with van der Waals surface area (Å²) in [5, 5.41) is 9.83. The monoisotopic (exact) mass is 276 g/mol. The fourth-order valence-electron chi connectivity index (χ4n) is 2.97. The molecule has 3 nitrogen and oxygen atoms in total. The van der Waals surface area contributed by atoms with Crippen molar-refractivity contribution in [2.24, 2.45) is 5.92 Å². The SMILES string of the molecule is Cc1cc(C[C@@H]2CCC[C@H]2NCc2cccs2)on1. The van der Waals surface area contributed by atoms with Crippen molar-refractivity contribution in [1.29, 1.82) is 0 Å². The van der Waals surface area contributed by atoms with E-state index in [1.165, 1.54) is 24.1 Å². The van der Waals surface area contributed by atoms with Gasteiger partial charge in [-0.05, 0) is 37.1 Å². The van der Waals surface area contributed by atoms with Crippen molar-refractivity contribution >= 4 is 11.3 Å². The molecular formula is C15H20N2OS. The fraction of sp³-hybridized carbons (Fsp3) is 0.533. The van der Waals surface area contributed by atoms with Crippen molar-refractivity contribution in [3.8, 4) is 0 Å². The summed E-state index contributed by atoms with van der Waals surface area (Å²) in [6, 6.07) is 6.99. The third-order valence-corrected chi connectivity index (χ3v) is 4.79. The molecule has 2 aromatic rings. The average molecular weight is 276 g/mol. The summed E-state index contributed by atoms with van der Waals surface area (Å²) in [6.45, 7) is 2.97. The standard InChI is InChI=1S/C15H20N2OS/c1-11-8-13(18-17-11)9-12-4-2-6-15(12)16-10-14-5-3-7-19-14/h3,5,7-8,12,15-16H,2,4,6,9-10H2,1H3/t12-,15+/m0/s1. The maximum Gasteiger partial charge on any atom is 0.137 e. The van der Waals surface area contributed by atoms with E-state index < -0.39 is 0 Å². The molecule has 1 aliphatic rings. The number of hydrogen-bond acceptors (Lipinski definition) is 4. The van der Waals surface area contributed by atoms with E-state index in [9.17, 15) is 0 Å². The van der Waals surface area contributed by atoms with E-state index in [1.807, 2.05) is 18.3 Å². The van der Waals surface area contributed by atoms with Crippen molar-refractivity contribution < 1.29 is 4.52 Å². The zero-order chi connectivity index (χ0) is 13.1. The molecule has 0 spiro atoms. The quantitative estimate of drug-likeness (QED) is 0.907. The Hall–Kier alpha value is -1.13. The van der Waals surface area contributed by atoms with Crippen molar-refractivity contribution in [2.45, 2.75) is 45.2 Å². The Kier molecular flexibility index (Phi) is 3.99. The largest absolute Gasteiger partial charge is 0.361 e. The highest BCUT2D eigenvalue weighted by Crippen LogP contribution is 2.29. The minimum atomic E-state index is 0.618. The predicted octanol–water partition coefficient (Wildman–Crippen LogP) is 3.55. The molecule has 0 aromatic carbocycles. The molecule has 3 rings (SSSR count). The van der Waals surface area contributed by atoms with Crippen LogP contribution in [-0.2, 0) is 13.0 Å². The Bertz CT molecular complexity index is 506. The van der Waals surface area contributed by atoms with Gasteiger partial charge >= 0.3 is 0 Å². The third-order valence-electron chi connectivity index (χ3n) is 3.92. The molecule has 19 heavy (non-hydrogen) atoms. The number of rotatable bonds is 5. The lowest BCUT2D eigenvalue weighted by Crippen LogP contribution is -2.32. The topological polar surface area (TPSA) is 38.1 Å². The molecule has 2 atom stereocenters. The molecule has 2 aromatic heterocycles. The second-order valence-electron chi connectivity index (χ2n) is 5.40. The van der Waals surface area contributed by atoms with Gasteiger partial charge in [-0.15, -0.1) is 11.3 Å². The zero-order valence-electron chi connectivity index (χ0n) is 11.3. The summed E-state index contributed by atoms with van der Waals surface area (Å²) in [7, 11) is 0. The maximum absolute atomic E-state index is 5.35. The van der Waals surface area contributed by atoms with E-state index in [0.29, 0.717) is 12.0 Å². The molecule has 0 bridgehead atoms. The van der Waals surface area contributed by atoms with Gasteiger partial charge in [0.25, 0.3) is 0 Å². The van der Waals surface area contributed by atoms with Crippen LogP contribution in [0.15, 0.2) is 28.1 Å². The number of nitrogens with zero attached hydrogens (tertiary/aromatic N) is 1. The van der Waals surface area contributed by atoms with Crippen molar-refractivity contribution in [3.05, 3.63) is 39.9 Å². The number of aromatic nitrogens is 1. The van der Waals surface area contributed by atoms with Crippen LogP contribution in [0.4, 0.5) is 0 Å². The van der Waals surface area contributed by atoms with Crippen LogP contribution in [0, 0.1) is 12.8 Å². The normalized spacial score (nSPS) is 23.0. The van der Waals surface area contributed by atoms with E-state index in [0.717, 1.165) is 24.4 Å². The van der Waals surface area contributed by atoms with Crippen LogP contribution in [0.3, 0.4) is 0 Å². The van der Waals surface area contributed by atoms with Crippen LogP contribution >= 0.6 is 11.3 Å². The lowest BCUT2D eigenvalue weighted by molar-refractivity contribution is 0.329. The highest BCUT2D eigenvalue weighted by molar-refractivity contribution is 7.09. The van der Waals surface area contributed by atoms with E-state index in [4.69, 9.17) is 4.52 Å². The summed E-state index contributed by atoms with van der Waals surface area (Å²) in [5.74, 6) is 1.72. The minimum absolute atomic E-state index is 0.618. The summed E-state index contributed by atoms with van der Waals surface area (Å²) >= 11 is 1.82. The lowest BCUT2D eigenvalue weighted by atomic mass is 9.98. The molecule has 4 heteroatoms. The van der Waals surface area contributed by atoms with Crippen LogP contribution in [0.5, 0.6) is 0 Å². The number of hydrogen-bond donors (Lipinski definition) is 1. The van der Waals surface area contributed by atoms with Gasteiger partial charge in [0.15, 0.2) is 0 Å². The van der Waals surface area contributed by atoms with Crippen LogP contribution in [0.1, 0.15) is 35.6 Å². The molecule has 1 fully saturated rings. The third kappa shape index (κ3) is 3.25. The Morgan fingerprint density at radius 2 is 2.42 bits per heavy atom. The molecule has 0 saturated heterocycles. The van der Waals surface area contributed by atoms with Gasteiger partial charge in [-0.2, -0.15) is 0 Å². The molecule has 0 unspecified atom stereocenters. The van der Waals surface area contributed by atoms with Crippen LogP contribution in [0.2, 0.25) is 0 Å². The maximum atomic E-state index is 5.35.